The predicted molar refractivity (Wildman–Crippen MR) is 112 cm³/mol. The first-order chi connectivity index (χ1) is 12.8. The lowest BCUT2D eigenvalue weighted by molar-refractivity contribution is 1.54. The van der Waals surface area contributed by atoms with E-state index >= 15 is 0 Å². The standard InChI is InChI=1S/C18H13N.C6H7N/c1-2-6-13(7-3-1)14-10-11-18-16(12-14)15-8-4-5-9-17(15)19-18;7-6-4-2-1-3-5-6/h1-12,19H;1-5H,7H2. The van der Waals surface area contributed by atoms with Crippen LogP contribution in [0.15, 0.2) is 103 Å². The normalized spacial score (nSPS) is 10.5. The highest BCUT2D eigenvalue weighted by Crippen LogP contribution is 2.29. The number of aromatic amines is 1. The molecule has 126 valence electrons. The van der Waals surface area contributed by atoms with Gasteiger partial charge in [0.05, 0.1) is 0 Å². The third-order valence-corrected chi connectivity index (χ3v) is 4.41. The van der Waals surface area contributed by atoms with E-state index in [1.807, 2.05) is 36.4 Å². The molecule has 1 heterocycles. The minimum absolute atomic E-state index is 0.822. The number of rotatable bonds is 1. The van der Waals surface area contributed by atoms with Crippen LogP contribution in [0.4, 0.5) is 5.69 Å². The molecule has 0 unspecified atom stereocenters. The number of para-hydroxylation sites is 2. The van der Waals surface area contributed by atoms with Gasteiger partial charge in [-0.1, -0.05) is 72.8 Å². The lowest BCUT2D eigenvalue weighted by Crippen LogP contribution is -1.79. The van der Waals surface area contributed by atoms with E-state index in [-0.39, 0.29) is 0 Å². The van der Waals surface area contributed by atoms with E-state index in [0.717, 1.165) is 5.69 Å². The van der Waals surface area contributed by atoms with Gasteiger partial charge in [0.25, 0.3) is 0 Å². The number of hydrogen-bond donors (Lipinski definition) is 2. The van der Waals surface area contributed by atoms with Gasteiger partial charge in [-0.15, -0.1) is 0 Å². The van der Waals surface area contributed by atoms with Crippen molar-refractivity contribution >= 4 is 27.5 Å². The van der Waals surface area contributed by atoms with E-state index in [1.165, 1.54) is 32.9 Å². The molecule has 0 aliphatic rings. The maximum atomic E-state index is 5.36. The number of fused-ring (bicyclic) bond motifs is 3. The number of nitrogens with one attached hydrogen (secondary N) is 1. The van der Waals surface area contributed by atoms with Gasteiger partial charge < -0.3 is 10.7 Å². The van der Waals surface area contributed by atoms with Crippen molar-refractivity contribution in [2.75, 3.05) is 5.73 Å². The number of nitrogens with two attached hydrogens (primary N) is 1. The summed E-state index contributed by atoms with van der Waals surface area (Å²) < 4.78 is 0. The molecule has 3 N–H and O–H groups in total. The third-order valence-electron chi connectivity index (χ3n) is 4.41. The van der Waals surface area contributed by atoms with E-state index in [2.05, 4.69) is 71.7 Å². The van der Waals surface area contributed by atoms with E-state index in [1.54, 1.807) is 0 Å². The summed E-state index contributed by atoms with van der Waals surface area (Å²) in [4.78, 5) is 3.46. The highest BCUT2D eigenvalue weighted by molar-refractivity contribution is 6.08. The monoisotopic (exact) mass is 336 g/mol. The van der Waals surface area contributed by atoms with Crippen LogP contribution in [0.25, 0.3) is 32.9 Å². The van der Waals surface area contributed by atoms with Gasteiger partial charge in [0.1, 0.15) is 0 Å². The molecule has 4 aromatic carbocycles. The summed E-state index contributed by atoms with van der Waals surface area (Å²) in [5, 5.41) is 2.58. The number of anilines is 1. The van der Waals surface area contributed by atoms with Crippen LogP contribution in [0.3, 0.4) is 0 Å². The summed E-state index contributed by atoms with van der Waals surface area (Å²) in [5.74, 6) is 0. The molecular formula is C24H20N2. The Labute approximate surface area is 152 Å². The highest BCUT2D eigenvalue weighted by Gasteiger charge is 2.05. The quantitative estimate of drug-likeness (QED) is 0.349. The molecule has 0 aliphatic carbocycles. The summed E-state index contributed by atoms with van der Waals surface area (Å²) in [6, 6.07) is 35.0. The van der Waals surface area contributed by atoms with Crippen molar-refractivity contribution in [1.82, 2.24) is 4.98 Å². The molecule has 5 rings (SSSR count). The minimum atomic E-state index is 0.822. The summed E-state index contributed by atoms with van der Waals surface area (Å²) in [6.07, 6.45) is 0. The van der Waals surface area contributed by atoms with Crippen molar-refractivity contribution in [3.8, 4) is 11.1 Å². The zero-order valence-electron chi connectivity index (χ0n) is 14.4. The molecule has 0 saturated heterocycles. The van der Waals surface area contributed by atoms with Crippen molar-refractivity contribution in [2.24, 2.45) is 0 Å². The molecule has 0 bridgehead atoms. The fourth-order valence-electron chi connectivity index (χ4n) is 3.11. The molecule has 1 aromatic heterocycles. The molecular weight excluding hydrogens is 316 g/mol. The third kappa shape index (κ3) is 3.31. The number of nitrogen functional groups attached to an aromatic ring is 1. The second-order valence-electron chi connectivity index (χ2n) is 6.21. The lowest BCUT2D eigenvalue weighted by atomic mass is 10.0. The zero-order chi connectivity index (χ0) is 17.8. The van der Waals surface area contributed by atoms with Gasteiger partial charge >= 0.3 is 0 Å². The minimum Gasteiger partial charge on any atom is -0.399 e. The first-order valence-corrected chi connectivity index (χ1v) is 8.68. The number of H-pyrrole nitrogens is 1. The molecule has 0 radical (unpaired) electrons. The lowest BCUT2D eigenvalue weighted by Gasteiger charge is -2.01. The van der Waals surface area contributed by atoms with Crippen LogP contribution < -0.4 is 5.73 Å². The van der Waals surface area contributed by atoms with Crippen molar-refractivity contribution < 1.29 is 0 Å². The SMILES string of the molecule is Nc1ccccc1.c1ccc(-c2ccc3[nH]c4ccccc4c3c2)cc1. The molecule has 0 amide bonds. The van der Waals surface area contributed by atoms with Crippen molar-refractivity contribution in [2.45, 2.75) is 0 Å². The number of benzene rings is 4. The Balaban J connectivity index is 0.000000204. The van der Waals surface area contributed by atoms with E-state index in [4.69, 9.17) is 5.73 Å². The maximum Gasteiger partial charge on any atom is 0.0465 e. The average Bonchev–Trinajstić information content (AvgIpc) is 3.08. The molecule has 0 saturated carbocycles. The molecule has 0 fully saturated rings. The molecule has 0 spiro atoms. The second kappa shape index (κ2) is 7.16. The number of aromatic nitrogens is 1. The van der Waals surface area contributed by atoms with Crippen LogP contribution in [0.2, 0.25) is 0 Å². The van der Waals surface area contributed by atoms with Gasteiger partial charge in [0, 0.05) is 27.5 Å². The van der Waals surface area contributed by atoms with E-state index in [9.17, 15) is 0 Å². The van der Waals surface area contributed by atoms with Crippen LogP contribution in [0, 0.1) is 0 Å². The molecule has 2 heteroatoms. The largest absolute Gasteiger partial charge is 0.399 e. The molecule has 0 aliphatic heterocycles. The first kappa shape index (κ1) is 16.0. The van der Waals surface area contributed by atoms with Crippen LogP contribution in [0.1, 0.15) is 0 Å². The molecule has 26 heavy (non-hydrogen) atoms. The van der Waals surface area contributed by atoms with Crippen LogP contribution >= 0.6 is 0 Å². The van der Waals surface area contributed by atoms with Crippen LogP contribution in [0.5, 0.6) is 0 Å². The van der Waals surface area contributed by atoms with Gasteiger partial charge in [-0.25, -0.2) is 0 Å². The van der Waals surface area contributed by atoms with Gasteiger partial charge in [0.2, 0.25) is 0 Å². The second-order valence-corrected chi connectivity index (χ2v) is 6.21. The Bertz CT molecular complexity index is 1130. The Hall–Kier alpha value is -3.52. The van der Waals surface area contributed by atoms with Gasteiger partial charge in [-0.3, -0.25) is 0 Å². The van der Waals surface area contributed by atoms with Crippen molar-refractivity contribution in [3.63, 3.8) is 0 Å². The van der Waals surface area contributed by atoms with Gasteiger partial charge in [-0.2, -0.15) is 0 Å². The van der Waals surface area contributed by atoms with Crippen LogP contribution in [-0.4, -0.2) is 4.98 Å². The highest BCUT2D eigenvalue weighted by atomic mass is 14.7. The predicted octanol–water partition coefficient (Wildman–Crippen LogP) is 6.26. The fourth-order valence-corrected chi connectivity index (χ4v) is 3.11. The fraction of sp³-hybridized carbons (Fsp3) is 0. The van der Waals surface area contributed by atoms with Gasteiger partial charge in [-0.05, 0) is 41.5 Å². The first-order valence-electron chi connectivity index (χ1n) is 8.68. The van der Waals surface area contributed by atoms with Crippen molar-refractivity contribution in [1.29, 1.82) is 0 Å². The average molecular weight is 336 g/mol. The Morgan fingerprint density at radius 1 is 0.500 bits per heavy atom. The van der Waals surface area contributed by atoms with E-state index < -0.39 is 0 Å². The molecule has 2 nitrogen and oxygen atoms in total. The summed E-state index contributed by atoms with van der Waals surface area (Å²) in [7, 11) is 0. The summed E-state index contributed by atoms with van der Waals surface area (Å²) in [5.41, 5.74) is 11.1. The van der Waals surface area contributed by atoms with Gasteiger partial charge in [0.15, 0.2) is 0 Å². The zero-order valence-corrected chi connectivity index (χ0v) is 14.4. The summed E-state index contributed by atoms with van der Waals surface area (Å²) in [6.45, 7) is 0. The summed E-state index contributed by atoms with van der Waals surface area (Å²) >= 11 is 0. The van der Waals surface area contributed by atoms with Crippen LogP contribution in [-0.2, 0) is 0 Å². The maximum absolute atomic E-state index is 5.36. The van der Waals surface area contributed by atoms with Crippen molar-refractivity contribution in [3.05, 3.63) is 103 Å². The Kier molecular flexibility index (Phi) is 4.40. The Morgan fingerprint density at radius 2 is 1.12 bits per heavy atom. The topological polar surface area (TPSA) is 41.8 Å². The van der Waals surface area contributed by atoms with E-state index in [0.29, 0.717) is 0 Å². The smallest absolute Gasteiger partial charge is 0.0465 e. The molecule has 5 aromatic rings. The Morgan fingerprint density at radius 3 is 1.81 bits per heavy atom. The number of hydrogen-bond acceptors (Lipinski definition) is 1. The molecule has 0 atom stereocenters.